The second-order valence-corrected chi connectivity index (χ2v) is 3.21. The molecule has 0 aliphatic carbocycles. The van der Waals surface area contributed by atoms with Crippen molar-refractivity contribution in [3.63, 3.8) is 0 Å². The Labute approximate surface area is 80.2 Å². The highest BCUT2D eigenvalue weighted by atomic mass is 15.2. The molecule has 0 atom stereocenters. The van der Waals surface area contributed by atoms with E-state index in [9.17, 15) is 0 Å². The molecule has 0 spiro atoms. The largest absolute Gasteiger partial charge is 0.278 e. The van der Waals surface area contributed by atoms with Crippen molar-refractivity contribution < 1.29 is 0 Å². The first-order valence-electron chi connectivity index (χ1n) is 4.41. The molecule has 3 aromatic rings. The zero-order valence-electron chi connectivity index (χ0n) is 7.68. The van der Waals surface area contributed by atoms with E-state index < -0.39 is 0 Å². The van der Waals surface area contributed by atoms with Crippen molar-refractivity contribution in [2.24, 2.45) is 0 Å². The average Bonchev–Trinajstić information content (AvgIpc) is 2.67. The van der Waals surface area contributed by atoms with Crippen molar-refractivity contribution in [2.45, 2.75) is 6.92 Å². The molecule has 2 heterocycles. The number of fused-ring (bicyclic) bond motifs is 3. The summed E-state index contributed by atoms with van der Waals surface area (Å²) in [6.45, 7) is 1.94. The van der Waals surface area contributed by atoms with E-state index in [4.69, 9.17) is 0 Å². The fourth-order valence-corrected chi connectivity index (χ4v) is 1.65. The van der Waals surface area contributed by atoms with Crippen molar-refractivity contribution >= 4 is 16.7 Å². The minimum absolute atomic E-state index is 0.823. The Hall–Kier alpha value is -1.97. The zero-order valence-corrected chi connectivity index (χ0v) is 7.68. The van der Waals surface area contributed by atoms with Crippen LogP contribution in [-0.4, -0.2) is 19.6 Å². The number of nitrogens with zero attached hydrogens (tertiary/aromatic N) is 4. The lowest BCUT2D eigenvalue weighted by Crippen LogP contribution is -1.93. The third-order valence-electron chi connectivity index (χ3n) is 2.30. The molecule has 0 N–H and O–H groups in total. The van der Waals surface area contributed by atoms with E-state index in [2.05, 4.69) is 15.2 Å². The van der Waals surface area contributed by atoms with Gasteiger partial charge in [-0.25, -0.2) is 4.98 Å². The van der Waals surface area contributed by atoms with Gasteiger partial charge in [0.05, 0.1) is 16.7 Å². The summed E-state index contributed by atoms with van der Waals surface area (Å²) in [4.78, 5) is 4.45. The summed E-state index contributed by atoms with van der Waals surface area (Å²) in [5, 5.41) is 7.90. The van der Waals surface area contributed by atoms with E-state index >= 15 is 0 Å². The van der Waals surface area contributed by atoms with E-state index in [0.717, 1.165) is 22.4 Å². The Morgan fingerprint density at radius 3 is 3.00 bits per heavy atom. The molecule has 0 saturated carbocycles. The molecular formula is C10H8N4. The van der Waals surface area contributed by atoms with Gasteiger partial charge in [0.1, 0.15) is 6.33 Å². The maximum absolute atomic E-state index is 4.45. The van der Waals surface area contributed by atoms with Crippen LogP contribution in [0.1, 0.15) is 5.69 Å². The molecule has 0 unspecified atom stereocenters. The lowest BCUT2D eigenvalue weighted by Gasteiger charge is -2.01. The van der Waals surface area contributed by atoms with Crippen molar-refractivity contribution in [3.05, 3.63) is 36.3 Å². The van der Waals surface area contributed by atoms with Crippen molar-refractivity contribution in [1.29, 1.82) is 0 Å². The van der Waals surface area contributed by atoms with Gasteiger partial charge < -0.3 is 0 Å². The van der Waals surface area contributed by atoms with Crippen LogP contribution in [0.5, 0.6) is 0 Å². The van der Waals surface area contributed by atoms with Crippen molar-refractivity contribution in [1.82, 2.24) is 19.6 Å². The van der Waals surface area contributed by atoms with Crippen LogP contribution in [0, 0.1) is 6.92 Å². The minimum Gasteiger partial charge on any atom is -0.278 e. The van der Waals surface area contributed by atoms with E-state index in [1.807, 2.05) is 35.6 Å². The fourth-order valence-electron chi connectivity index (χ4n) is 1.65. The van der Waals surface area contributed by atoms with Gasteiger partial charge in [0.15, 0.2) is 5.65 Å². The van der Waals surface area contributed by atoms with Gasteiger partial charge in [-0.05, 0) is 19.1 Å². The quantitative estimate of drug-likeness (QED) is 0.532. The Kier molecular flexibility index (Phi) is 1.33. The molecule has 14 heavy (non-hydrogen) atoms. The molecule has 2 aromatic heterocycles. The maximum Gasteiger partial charge on any atom is 0.182 e. The third kappa shape index (κ3) is 0.849. The Balaban J connectivity index is 2.66. The fraction of sp³-hybridized carbons (Fsp3) is 0.100. The van der Waals surface area contributed by atoms with Crippen LogP contribution in [0.25, 0.3) is 16.7 Å². The first-order valence-corrected chi connectivity index (χ1v) is 4.41. The summed E-state index contributed by atoms with van der Waals surface area (Å²) in [7, 11) is 0. The second-order valence-electron chi connectivity index (χ2n) is 3.21. The molecule has 0 aliphatic rings. The smallest absolute Gasteiger partial charge is 0.182 e. The van der Waals surface area contributed by atoms with E-state index in [1.165, 1.54) is 0 Å². The summed E-state index contributed by atoms with van der Waals surface area (Å²) < 4.78 is 1.96. The molecule has 4 heteroatoms. The first kappa shape index (κ1) is 7.44. The Bertz CT molecular complexity index is 612. The third-order valence-corrected chi connectivity index (χ3v) is 2.30. The van der Waals surface area contributed by atoms with Crippen LogP contribution in [0.2, 0.25) is 0 Å². The predicted molar refractivity (Wildman–Crippen MR) is 53.0 cm³/mol. The summed E-state index contributed by atoms with van der Waals surface area (Å²) in [6, 6.07) is 7.96. The molecule has 0 amide bonds. The van der Waals surface area contributed by atoms with Gasteiger partial charge in [-0.15, -0.1) is 10.2 Å². The van der Waals surface area contributed by atoms with Crippen LogP contribution >= 0.6 is 0 Å². The zero-order chi connectivity index (χ0) is 9.54. The molecule has 4 nitrogen and oxygen atoms in total. The van der Waals surface area contributed by atoms with Crippen LogP contribution in [0.4, 0.5) is 0 Å². The van der Waals surface area contributed by atoms with Crippen molar-refractivity contribution in [3.8, 4) is 0 Å². The number of aromatic nitrogens is 4. The second kappa shape index (κ2) is 2.51. The van der Waals surface area contributed by atoms with E-state index in [1.54, 1.807) is 6.33 Å². The molecule has 0 bridgehead atoms. The summed E-state index contributed by atoms with van der Waals surface area (Å²) in [5.74, 6) is 0. The van der Waals surface area contributed by atoms with Crippen LogP contribution in [0.3, 0.4) is 0 Å². The van der Waals surface area contributed by atoms with E-state index in [0.29, 0.717) is 0 Å². The monoisotopic (exact) mass is 184 g/mol. The van der Waals surface area contributed by atoms with Crippen LogP contribution in [0.15, 0.2) is 30.6 Å². The standard InChI is InChI=1S/C10H8N4/c1-7-10-13-11-6-14(10)9-5-3-2-4-8(9)12-7/h2-6H,1H3. The molecule has 3 rings (SSSR count). The van der Waals surface area contributed by atoms with Gasteiger partial charge in [0.25, 0.3) is 0 Å². The van der Waals surface area contributed by atoms with Gasteiger partial charge >= 0.3 is 0 Å². The van der Waals surface area contributed by atoms with Crippen LogP contribution < -0.4 is 0 Å². The lowest BCUT2D eigenvalue weighted by atomic mass is 10.3. The number of rotatable bonds is 0. The predicted octanol–water partition coefficient (Wildman–Crippen LogP) is 1.59. The summed E-state index contributed by atoms with van der Waals surface area (Å²) in [5.41, 5.74) is 3.74. The molecule has 0 radical (unpaired) electrons. The highest BCUT2D eigenvalue weighted by molar-refractivity contribution is 5.77. The number of benzene rings is 1. The highest BCUT2D eigenvalue weighted by Gasteiger charge is 2.05. The van der Waals surface area contributed by atoms with Gasteiger partial charge in [-0.3, -0.25) is 4.40 Å². The molecule has 0 saturated heterocycles. The van der Waals surface area contributed by atoms with Crippen LogP contribution in [-0.2, 0) is 0 Å². The Morgan fingerprint density at radius 2 is 2.07 bits per heavy atom. The SMILES string of the molecule is Cc1nc2ccccc2n2cnnc12. The molecule has 68 valence electrons. The highest BCUT2D eigenvalue weighted by Crippen LogP contribution is 2.14. The minimum atomic E-state index is 0.823. The lowest BCUT2D eigenvalue weighted by molar-refractivity contribution is 1.10. The van der Waals surface area contributed by atoms with Gasteiger partial charge in [-0.1, -0.05) is 12.1 Å². The number of hydrogen-bond acceptors (Lipinski definition) is 3. The van der Waals surface area contributed by atoms with Crippen molar-refractivity contribution in [2.75, 3.05) is 0 Å². The normalized spacial score (nSPS) is 11.2. The maximum atomic E-state index is 4.45. The molecular weight excluding hydrogens is 176 g/mol. The molecule has 0 fully saturated rings. The molecule has 0 aliphatic heterocycles. The number of aryl methyl sites for hydroxylation is 1. The van der Waals surface area contributed by atoms with Gasteiger partial charge in [0.2, 0.25) is 0 Å². The van der Waals surface area contributed by atoms with E-state index in [-0.39, 0.29) is 0 Å². The Morgan fingerprint density at radius 1 is 1.21 bits per heavy atom. The number of para-hydroxylation sites is 2. The first-order chi connectivity index (χ1) is 6.86. The van der Waals surface area contributed by atoms with Gasteiger partial charge in [0, 0.05) is 0 Å². The summed E-state index contributed by atoms with van der Waals surface area (Å²) in [6.07, 6.45) is 1.71. The van der Waals surface area contributed by atoms with Gasteiger partial charge in [-0.2, -0.15) is 0 Å². The molecule has 1 aromatic carbocycles. The topological polar surface area (TPSA) is 43.1 Å². The number of hydrogen-bond donors (Lipinski definition) is 0. The average molecular weight is 184 g/mol. The summed E-state index contributed by atoms with van der Waals surface area (Å²) >= 11 is 0.